The molecule has 1 aliphatic rings. The maximum Gasteiger partial charge on any atom is 0.335 e. The Bertz CT molecular complexity index is 586. The van der Waals surface area contributed by atoms with E-state index in [1.807, 2.05) is 31.2 Å². The highest BCUT2D eigenvalue weighted by molar-refractivity contribution is 6.09. The van der Waals surface area contributed by atoms with E-state index in [0.29, 0.717) is 12.0 Å². The van der Waals surface area contributed by atoms with Crippen LogP contribution >= 0.6 is 0 Å². The molecule has 0 spiro atoms. The Balaban J connectivity index is 2.55. The number of fused-ring (bicyclic) bond motifs is 1. The van der Waals surface area contributed by atoms with E-state index in [1.54, 1.807) is 13.8 Å². The normalized spacial score (nSPS) is 16.6. The Kier molecular flexibility index (Phi) is 4.78. The fourth-order valence-corrected chi connectivity index (χ4v) is 2.80. The Morgan fingerprint density at radius 2 is 1.71 bits per heavy atom. The second-order valence-electron chi connectivity index (χ2n) is 4.74. The van der Waals surface area contributed by atoms with Crippen molar-refractivity contribution in [3.8, 4) is 0 Å². The maximum atomic E-state index is 12.3. The number of allylic oxidation sites excluding steroid dienone is 1. The van der Waals surface area contributed by atoms with Crippen LogP contribution in [0.5, 0.6) is 0 Å². The molecule has 1 aliphatic carbocycles. The van der Waals surface area contributed by atoms with Gasteiger partial charge in [-0.15, -0.1) is 0 Å². The molecule has 0 bridgehead atoms. The Morgan fingerprint density at radius 3 is 2.33 bits per heavy atom. The van der Waals surface area contributed by atoms with Gasteiger partial charge in [0.05, 0.1) is 18.8 Å². The first-order chi connectivity index (χ1) is 10.2. The van der Waals surface area contributed by atoms with E-state index in [9.17, 15) is 9.59 Å². The number of hydrogen-bond donors (Lipinski definition) is 0. The standard InChI is InChI=1S/C17H20O4/c1-4-11-12-9-7-8-10-13(12)15(17(19)21-6-3)14(11)16(18)20-5-2/h7-10,15H,4-6H2,1-3H3. The predicted molar refractivity (Wildman–Crippen MR) is 79.7 cm³/mol. The number of ether oxygens (including phenoxy) is 2. The van der Waals surface area contributed by atoms with Crippen LogP contribution in [0.4, 0.5) is 0 Å². The quantitative estimate of drug-likeness (QED) is 0.781. The summed E-state index contributed by atoms with van der Waals surface area (Å²) in [6, 6.07) is 7.59. The first-order valence-corrected chi connectivity index (χ1v) is 7.31. The third kappa shape index (κ3) is 2.71. The van der Waals surface area contributed by atoms with Crippen LogP contribution in [-0.4, -0.2) is 25.2 Å². The van der Waals surface area contributed by atoms with Gasteiger partial charge in [0.1, 0.15) is 5.92 Å². The molecule has 4 nitrogen and oxygen atoms in total. The van der Waals surface area contributed by atoms with Crippen molar-refractivity contribution in [1.82, 2.24) is 0 Å². The molecule has 21 heavy (non-hydrogen) atoms. The lowest BCUT2D eigenvalue weighted by molar-refractivity contribution is -0.147. The van der Waals surface area contributed by atoms with E-state index >= 15 is 0 Å². The summed E-state index contributed by atoms with van der Waals surface area (Å²) in [4.78, 5) is 24.6. The molecular formula is C17H20O4. The summed E-state index contributed by atoms with van der Waals surface area (Å²) < 4.78 is 10.3. The lowest BCUT2D eigenvalue weighted by Gasteiger charge is -2.14. The van der Waals surface area contributed by atoms with Gasteiger partial charge < -0.3 is 9.47 Å². The van der Waals surface area contributed by atoms with Crippen LogP contribution < -0.4 is 0 Å². The van der Waals surface area contributed by atoms with Crippen LogP contribution in [0.1, 0.15) is 44.2 Å². The fourth-order valence-electron chi connectivity index (χ4n) is 2.80. The lowest BCUT2D eigenvalue weighted by Crippen LogP contribution is -2.21. The molecule has 1 atom stereocenters. The van der Waals surface area contributed by atoms with Gasteiger partial charge in [0.25, 0.3) is 0 Å². The second-order valence-corrected chi connectivity index (χ2v) is 4.74. The molecule has 0 saturated heterocycles. The van der Waals surface area contributed by atoms with Gasteiger partial charge in [-0.2, -0.15) is 0 Å². The molecule has 0 aliphatic heterocycles. The van der Waals surface area contributed by atoms with Crippen molar-refractivity contribution in [1.29, 1.82) is 0 Å². The van der Waals surface area contributed by atoms with Crippen LogP contribution in [0.3, 0.4) is 0 Å². The maximum absolute atomic E-state index is 12.3. The minimum absolute atomic E-state index is 0.283. The van der Waals surface area contributed by atoms with Crippen molar-refractivity contribution < 1.29 is 19.1 Å². The summed E-state index contributed by atoms with van der Waals surface area (Å²) in [6.45, 7) is 6.05. The van der Waals surface area contributed by atoms with Crippen molar-refractivity contribution >= 4 is 17.5 Å². The minimum atomic E-state index is -0.671. The number of rotatable bonds is 5. The number of benzene rings is 1. The molecule has 0 saturated carbocycles. The van der Waals surface area contributed by atoms with Crippen molar-refractivity contribution in [2.45, 2.75) is 33.1 Å². The largest absolute Gasteiger partial charge is 0.465 e. The smallest absolute Gasteiger partial charge is 0.335 e. The highest BCUT2D eigenvalue weighted by Gasteiger charge is 2.40. The Labute approximate surface area is 124 Å². The molecule has 0 fully saturated rings. The van der Waals surface area contributed by atoms with Crippen LogP contribution in [0.25, 0.3) is 5.57 Å². The Hall–Kier alpha value is -2.10. The van der Waals surface area contributed by atoms with Gasteiger partial charge in [0, 0.05) is 0 Å². The topological polar surface area (TPSA) is 52.6 Å². The van der Waals surface area contributed by atoms with E-state index in [0.717, 1.165) is 16.7 Å². The van der Waals surface area contributed by atoms with Gasteiger partial charge in [0.15, 0.2) is 0 Å². The van der Waals surface area contributed by atoms with E-state index < -0.39 is 17.9 Å². The zero-order chi connectivity index (χ0) is 15.4. The predicted octanol–water partition coefficient (Wildman–Crippen LogP) is 3.07. The second kappa shape index (κ2) is 6.57. The molecule has 1 aromatic carbocycles. The number of hydrogen-bond acceptors (Lipinski definition) is 4. The van der Waals surface area contributed by atoms with Crippen LogP contribution in [0.15, 0.2) is 29.8 Å². The molecule has 0 radical (unpaired) electrons. The highest BCUT2D eigenvalue weighted by Crippen LogP contribution is 2.44. The van der Waals surface area contributed by atoms with Crippen molar-refractivity contribution in [3.63, 3.8) is 0 Å². The first kappa shape index (κ1) is 15.3. The number of carbonyl (C=O) groups is 2. The van der Waals surface area contributed by atoms with Gasteiger partial charge in [-0.05, 0) is 37.0 Å². The summed E-state index contributed by atoms with van der Waals surface area (Å²) in [7, 11) is 0. The van der Waals surface area contributed by atoms with Gasteiger partial charge in [0.2, 0.25) is 0 Å². The molecule has 0 N–H and O–H groups in total. The molecule has 0 heterocycles. The average Bonchev–Trinajstić information content (AvgIpc) is 2.82. The monoisotopic (exact) mass is 288 g/mol. The van der Waals surface area contributed by atoms with Gasteiger partial charge in [-0.25, -0.2) is 4.79 Å². The number of esters is 2. The molecule has 1 aromatic rings. The van der Waals surface area contributed by atoms with E-state index in [2.05, 4.69) is 0 Å². The summed E-state index contributed by atoms with van der Waals surface area (Å²) in [5, 5.41) is 0. The first-order valence-electron chi connectivity index (χ1n) is 7.31. The van der Waals surface area contributed by atoms with Crippen molar-refractivity contribution in [2.24, 2.45) is 0 Å². The number of carbonyl (C=O) groups excluding carboxylic acids is 2. The van der Waals surface area contributed by atoms with Crippen LogP contribution in [0, 0.1) is 0 Å². The summed E-state index contributed by atoms with van der Waals surface area (Å²) in [5.41, 5.74) is 3.08. The van der Waals surface area contributed by atoms with Crippen LogP contribution in [0.2, 0.25) is 0 Å². The SMILES string of the molecule is CCOC(=O)C1=C(CC)c2ccccc2C1C(=O)OCC. The van der Waals surface area contributed by atoms with Crippen molar-refractivity contribution in [3.05, 3.63) is 41.0 Å². The summed E-state index contributed by atoms with van der Waals surface area (Å²) in [6.07, 6.45) is 0.668. The van der Waals surface area contributed by atoms with E-state index in [-0.39, 0.29) is 13.2 Å². The Morgan fingerprint density at radius 1 is 1.05 bits per heavy atom. The van der Waals surface area contributed by atoms with Crippen molar-refractivity contribution in [2.75, 3.05) is 13.2 Å². The molecule has 0 amide bonds. The molecule has 1 unspecified atom stereocenters. The van der Waals surface area contributed by atoms with Gasteiger partial charge in [-0.3, -0.25) is 4.79 Å². The molecule has 0 aromatic heterocycles. The van der Waals surface area contributed by atoms with E-state index in [1.165, 1.54) is 0 Å². The third-order valence-corrected chi connectivity index (χ3v) is 3.58. The lowest BCUT2D eigenvalue weighted by atomic mass is 9.95. The molecule has 112 valence electrons. The van der Waals surface area contributed by atoms with Crippen LogP contribution in [-0.2, 0) is 19.1 Å². The summed E-state index contributed by atoms with van der Waals surface area (Å²) in [5.74, 6) is -1.49. The minimum Gasteiger partial charge on any atom is -0.465 e. The average molecular weight is 288 g/mol. The zero-order valence-electron chi connectivity index (χ0n) is 12.6. The highest BCUT2D eigenvalue weighted by atomic mass is 16.5. The zero-order valence-corrected chi connectivity index (χ0v) is 12.6. The van der Waals surface area contributed by atoms with E-state index in [4.69, 9.17) is 9.47 Å². The van der Waals surface area contributed by atoms with Gasteiger partial charge in [-0.1, -0.05) is 31.2 Å². The fraction of sp³-hybridized carbons (Fsp3) is 0.412. The molecule has 2 rings (SSSR count). The van der Waals surface area contributed by atoms with Gasteiger partial charge >= 0.3 is 11.9 Å². The molecular weight excluding hydrogens is 268 g/mol. The third-order valence-electron chi connectivity index (χ3n) is 3.58. The summed E-state index contributed by atoms with van der Waals surface area (Å²) >= 11 is 0. The molecule has 4 heteroatoms.